The number of imidazole rings is 1. The van der Waals surface area contributed by atoms with Crippen molar-refractivity contribution in [3.8, 4) is 11.3 Å². The Morgan fingerprint density at radius 1 is 1.20 bits per heavy atom. The highest BCUT2D eigenvalue weighted by atomic mass is 19.4. The quantitative estimate of drug-likeness (QED) is 0.231. The Kier molecular flexibility index (Phi) is 7.94. The third kappa shape index (κ3) is 6.07. The van der Waals surface area contributed by atoms with E-state index in [0.29, 0.717) is 30.5 Å². The van der Waals surface area contributed by atoms with Gasteiger partial charge in [0.25, 0.3) is 5.91 Å². The first-order chi connectivity index (χ1) is 21.5. The minimum absolute atomic E-state index is 0.0171. The molecule has 1 amide bonds. The number of benzene rings is 1. The summed E-state index contributed by atoms with van der Waals surface area (Å²) in [5.41, 5.74) is 6.54. The zero-order chi connectivity index (χ0) is 31.9. The van der Waals surface area contributed by atoms with Gasteiger partial charge < -0.3 is 20.9 Å². The molecule has 0 unspecified atom stereocenters. The van der Waals surface area contributed by atoms with E-state index >= 15 is 4.39 Å². The largest absolute Gasteiger partial charge is 0.416 e. The Hall–Kier alpha value is -4.93. The Morgan fingerprint density at radius 2 is 2.02 bits per heavy atom. The molecule has 5 aromatic rings. The van der Waals surface area contributed by atoms with Gasteiger partial charge >= 0.3 is 6.18 Å². The molecule has 12 nitrogen and oxygen atoms in total. The highest BCUT2D eigenvalue weighted by molar-refractivity contribution is 6.04. The van der Waals surface area contributed by atoms with E-state index in [-0.39, 0.29) is 47.7 Å². The standard InChI is InChI=1S/C29H27F4N9O3/c1-40-11-16(10-37-40)12-41-13-22(45-15-19(41)14-43)27-39-24(25-26(34)36-6-7-42(25)27)20-3-2-17(8-21(20)30)28(44)38-23-9-18(4-5-35-23)29(31,32)33/h2-11,19,22,43H,12-15H2,1H3,(H2,34,36)(H,35,38,44)/t19-,22-/m1/s1. The molecule has 0 radical (unpaired) electrons. The number of aliphatic hydroxyl groups excluding tert-OH is 1. The SMILES string of the molecule is Cn1cc(CN2C[C@H](c3nc(-c4ccc(C(=O)Nc5cc(C(F)(F)F)ccn5)cc4F)c4c(N)nccn34)OC[C@H]2CO)cn1. The number of hydrogen-bond acceptors (Lipinski definition) is 9. The summed E-state index contributed by atoms with van der Waals surface area (Å²) < 4.78 is 64.3. The summed E-state index contributed by atoms with van der Waals surface area (Å²) in [6.07, 6.45) is 2.46. The predicted molar refractivity (Wildman–Crippen MR) is 153 cm³/mol. The van der Waals surface area contributed by atoms with E-state index in [1.54, 1.807) is 21.5 Å². The number of fused-ring (bicyclic) bond motifs is 1. The van der Waals surface area contributed by atoms with Crippen LogP contribution in [0.1, 0.15) is 33.4 Å². The van der Waals surface area contributed by atoms with Crippen molar-refractivity contribution in [3.63, 3.8) is 0 Å². The number of ether oxygens (including phenoxy) is 1. The molecule has 4 N–H and O–H groups in total. The first-order valence-electron chi connectivity index (χ1n) is 13.7. The maximum Gasteiger partial charge on any atom is 0.416 e. The third-order valence-corrected chi connectivity index (χ3v) is 7.47. The van der Waals surface area contributed by atoms with Crippen molar-refractivity contribution in [1.29, 1.82) is 0 Å². The lowest BCUT2D eigenvalue weighted by Crippen LogP contribution is -2.48. The van der Waals surface area contributed by atoms with Gasteiger partial charge in [0.2, 0.25) is 0 Å². The van der Waals surface area contributed by atoms with Gasteiger partial charge in [-0.15, -0.1) is 0 Å². The summed E-state index contributed by atoms with van der Waals surface area (Å²) in [5, 5.41) is 16.4. The second-order valence-corrected chi connectivity index (χ2v) is 10.5. The molecule has 0 spiro atoms. The Balaban J connectivity index is 1.30. The average molecular weight is 626 g/mol. The molecule has 6 rings (SSSR count). The van der Waals surface area contributed by atoms with Gasteiger partial charge in [0.15, 0.2) is 0 Å². The van der Waals surface area contributed by atoms with Crippen molar-refractivity contribution in [2.45, 2.75) is 24.9 Å². The van der Waals surface area contributed by atoms with E-state index in [2.05, 4.69) is 25.3 Å². The smallest absolute Gasteiger partial charge is 0.395 e. The number of aryl methyl sites for hydroxylation is 1. The van der Waals surface area contributed by atoms with Gasteiger partial charge in [-0.1, -0.05) is 0 Å². The summed E-state index contributed by atoms with van der Waals surface area (Å²) in [6, 6.07) is 4.80. The Labute approximate surface area is 253 Å². The summed E-state index contributed by atoms with van der Waals surface area (Å²) >= 11 is 0. The number of nitrogens with zero attached hydrogens (tertiary/aromatic N) is 7. The van der Waals surface area contributed by atoms with E-state index in [0.717, 1.165) is 23.9 Å². The van der Waals surface area contributed by atoms with E-state index in [1.807, 2.05) is 13.2 Å². The van der Waals surface area contributed by atoms with Crippen LogP contribution in [0.5, 0.6) is 0 Å². The molecule has 1 aromatic carbocycles. The molecule has 1 fully saturated rings. The van der Waals surface area contributed by atoms with E-state index < -0.39 is 29.6 Å². The van der Waals surface area contributed by atoms with Gasteiger partial charge in [0, 0.05) is 61.6 Å². The fraction of sp³-hybridized carbons (Fsp3) is 0.276. The zero-order valence-corrected chi connectivity index (χ0v) is 23.7. The van der Waals surface area contributed by atoms with Crippen LogP contribution < -0.4 is 11.1 Å². The molecule has 0 saturated carbocycles. The second kappa shape index (κ2) is 11.9. The van der Waals surface area contributed by atoms with Gasteiger partial charge in [-0.05, 0) is 30.3 Å². The summed E-state index contributed by atoms with van der Waals surface area (Å²) in [6.45, 7) is 0.955. The molecule has 1 aliphatic heterocycles. The lowest BCUT2D eigenvalue weighted by atomic mass is 10.1. The van der Waals surface area contributed by atoms with Crippen molar-refractivity contribution in [3.05, 3.63) is 89.6 Å². The van der Waals surface area contributed by atoms with Gasteiger partial charge in [0.05, 0.1) is 31.0 Å². The highest BCUT2D eigenvalue weighted by Gasteiger charge is 2.34. The van der Waals surface area contributed by atoms with Crippen LogP contribution in [0.25, 0.3) is 16.8 Å². The van der Waals surface area contributed by atoms with Crippen LogP contribution in [-0.4, -0.2) is 70.8 Å². The number of aromatic nitrogens is 6. The van der Waals surface area contributed by atoms with E-state index in [4.69, 9.17) is 15.5 Å². The van der Waals surface area contributed by atoms with Crippen LogP contribution in [0.15, 0.2) is 61.3 Å². The molecule has 16 heteroatoms. The fourth-order valence-corrected chi connectivity index (χ4v) is 5.27. The van der Waals surface area contributed by atoms with Crippen molar-refractivity contribution in [2.75, 3.05) is 30.8 Å². The highest BCUT2D eigenvalue weighted by Crippen LogP contribution is 2.35. The van der Waals surface area contributed by atoms with Crippen LogP contribution in [0.3, 0.4) is 0 Å². The van der Waals surface area contributed by atoms with Crippen LogP contribution in [0.2, 0.25) is 0 Å². The number of nitrogen functional groups attached to an aromatic ring is 1. The summed E-state index contributed by atoms with van der Waals surface area (Å²) in [4.78, 5) is 27.5. The lowest BCUT2D eigenvalue weighted by Gasteiger charge is -2.38. The molecule has 4 aromatic heterocycles. The Morgan fingerprint density at radius 3 is 2.73 bits per heavy atom. The molecule has 1 aliphatic rings. The first kappa shape index (κ1) is 30.1. The number of nitrogens with one attached hydrogen (secondary N) is 1. The predicted octanol–water partition coefficient (Wildman–Crippen LogP) is 3.45. The molecule has 234 valence electrons. The normalized spacial score (nSPS) is 17.6. The molecule has 0 bridgehead atoms. The van der Waals surface area contributed by atoms with Gasteiger partial charge in [-0.3, -0.25) is 18.8 Å². The third-order valence-electron chi connectivity index (χ3n) is 7.47. The topological polar surface area (TPSA) is 149 Å². The summed E-state index contributed by atoms with van der Waals surface area (Å²) in [7, 11) is 1.82. The number of amides is 1. The van der Waals surface area contributed by atoms with Crippen LogP contribution in [-0.2, 0) is 24.5 Å². The molecule has 5 heterocycles. The number of carbonyl (C=O) groups is 1. The zero-order valence-electron chi connectivity index (χ0n) is 23.7. The number of halogens is 4. The number of pyridine rings is 1. The lowest BCUT2D eigenvalue weighted by molar-refractivity contribution is -0.137. The molecular formula is C29H27F4N9O3. The number of nitrogens with two attached hydrogens (primary N) is 1. The average Bonchev–Trinajstić information content (AvgIpc) is 3.60. The Bertz CT molecular complexity index is 1870. The van der Waals surface area contributed by atoms with E-state index in [1.165, 1.54) is 18.3 Å². The molecule has 45 heavy (non-hydrogen) atoms. The summed E-state index contributed by atoms with van der Waals surface area (Å²) in [5.74, 6) is -1.50. The van der Waals surface area contributed by atoms with Gasteiger partial charge in [-0.25, -0.2) is 19.3 Å². The number of aliphatic hydroxyl groups is 1. The number of anilines is 2. The minimum atomic E-state index is -4.63. The van der Waals surface area contributed by atoms with E-state index in [9.17, 15) is 23.1 Å². The van der Waals surface area contributed by atoms with Gasteiger partial charge in [-0.2, -0.15) is 18.3 Å². The van der Waals surface area contributed by atoms with Crippen LogP contribution in [0.4, 0.5) is 29.2 Å². The number of alkyl halides is 3. The van der Waals surface area contributed by atoms with Crippen LogP contribution >= 0.6 is 0 Å². The van der Waals surface area contributed by atoms with Gasteiger partial charge in [0.1, 0.15) is 40.6 Å². The number of rotatable bonds is 7. The maximum absolute atomic E-state index is 15.6. The fourth-order valence-electron chi connectivity index (χ4n) is 5.27. The maximum atomic E-state index is 15.6. The number of morpholine rings is 1. The van der Waals surface area contributed by atoms with Crippen molar-refractivity contribution in [1.82, 2.24) is 34.0 Å². The van der Waals surface area contributed by atoms with Crippen molar-refractivity contribution >= 4 is 23.1 Å². The number of hydrogen-bond donors (Lipinski definition) is 3. The molecule has 2 atom stereocenters. The molecule has 1 saturated heterocycles. The van der Waals surface area contributed by atoms with Crippen molar-refractivity contribution < 1.29 is 32.2 Å². The second-order valence-electron chi connectivity index (χ2n) is 10.5. The molecule has 0 aliphatic carbocycles. The number of carbonyl (C=O) groups excluding carboxylic acids is 1. The first-order valence-corrected chi connectivity index (χ1v) is 13.7. The minimum Gasteiger partial charge on any atom is -0.395 e. The van der Waals surface area contributed by atoms with Crippen molar-refractivity contribution in [2.24, 2.45) is 7.05 Å². The monoisotopic (exact) mass is 625 g/mol. The molecular weight excluding hydrogens is 598 g/mol. The van der Waals surface area contributed by atoms with Crippen LogP contribution in [0, 0.1) is 5.82 Å².